The van der Waals surface area contributed by atoms with Crippen LogP contribution >= 0.6 is 0 Å². The summed E-state index contributed by atoms with van der Waals surface area (Å²) in [7, 11) is 0. The summed E-state index contributed by atoms with van der Waals surface area (Å²) < 4.78 is 1.95. The Bertz CT molecular complexity index is 612. The van der Waals surface area contributed by atoms with Crippen molar-refractivity contribution in [3.8, 4) is 0 Å². The van der Waals surface area contributed by atoms with E-state index in [9.17, 15) is 9.59 Å². The van der Waals surface area contributed by atoms with E-state index in [0.717, 1.165) is 63.7 Å². The summed E-state index contributed by atoms with van der Waals surface area (Å²) in [6.45, 7) is 6.04. The lowest BCUT2D eigenvalue weighted by atomic mass is 9.96. The Balaban J connectivity index is 1.64. The van der Waals surface area contributed by atoms with Gasteiger partial charge in [-0.25, -0.2) is 0 Å². The molecule has 0 unspecified atom stereocenters. The van der Waals surface area contributed by atoms with Crippen LogP contribution in [0.2, 0.25) is 0 Å². The first kappa shape index (κ1) is 18.0. The van der Waals surface area contributed by atoms with E-state index in [4.69, 9.17) is 0 Å². The van der Waals surface area contributed by atoms with Gasteiger partial charge in [0.15, 0.2) is 0 Å². The Hall–Kier alpha value is -1.85. The van der Waals surface area contributed by atoms with E-state index in [1.54, 1.807) is 6.92 Å². The molecule has 2 atom stereocenters. The van der Waals surface area contributed by atoms with Gasteiger partial charge in [0.25, 0.3) is 0 Å². The molecule has 0 bridgehead atoms. The number of carbonyl (C=O) groups is 2. The highest BCUT2D eigenvalue weighted by atomic mass is 16.2. The van der Waals surface area contributed by atoms with Gasteiger partial charge in [0.2, 0.25) is 11.8 Å². The molecule has 2 aliphatic heterocycles. The van der Waals surface area contributed by atoms with Crippen molar-refractivity contribution in [2.45, 2.75) is 77.4 Å². The third-order valence-electron chi connectivity index (χ3n) is 5.55. The molecule has 0 radical (unpaired) electrons. The highest BCUT2D eigenvalue weighted by Crippen LogP contribution is 2.24. The van der Waals surface area contributed by atoms with E-state index in [-0.39, 0.29) is 23.9 Å². The average Bonchev–Trinajstić information content (AvgIpc) is 3.00. The summed E-state index contributed by atoms with van der Waals surface area (Å²) in [5.41, 5.74) is 1.15. The van der Waals surface area contributed by atoms with Gasteiger partial charge in [-0.15, -0.1) is 0 Å². The number of nitrogens with zero attached hydrogens (tertiary/aromatic N) is 4. The van der Waals surface area contributed by atoms with E-state index in [1.807, 2.05) is 33.8 Å². The largest absolute Gasteiger partial charge is 0.339 e. The molecule has 0 aromatic carbocycles. The summed E-state index contributed by atoms with van der Waals surface area (Å²) in [6, 6.07) is 0.295. The minimum absolute atomic E-state index is 0.0771. The van der Waals surface area contributed by atoms with Gasteiger partial charge in [-0.05, 0) is 51.0 Å². The lowest BCUT2D eigenvalue weighted by Crippen LogP contribution is -2.50. The summed E-state index contributed by atoms with van der Waals surface area (Å²) in [5, 5.41) is 4.38. The predicted molar refractivity (Wildman–Crippen MR) is 96.0 cm³/mol. The number of hydrogen-bond acceptors (Lipinski definition) is 3. The second-order valence-corrected chi connectivity index (χ2v) is 7.54. The van der Waals surface area contributed by atoms with Crippen LogP contribution in [0.25, 0.3) is 0 Å². The van der Waals surface area contributed by atoms with Crippen LogP contribution in [0.4, 0.5) is 0 Å². The number of carbonyl (C=O) groups excluding carboxylic acids is 2. The van der Waals surface area contributed by atoms with Gasteiger partial charge >= 0.3 is 0 Å². The summed E-state index contributed by atoms with van der Waals surface area (Å²) in [6.07, 6.45) is 10.7. The molecule has 0 aliphatic carbocycles. The average molecular weight is 346 g/mol. The third kappa shape index (κ3) is 4.41. The Morgan fingerprint density at radius 1 is 1.08 bits per heavy atom. The van der Waals surface area contributed by atoms with E-state index >= 15 is 0 Å². The fraction of sp³-hybridized carbons (Fsp3) is 0.737. The van der Waals surface area contributed by atoms with Crippen molar-refractivity contribution in [1.82, 2.24) is 19.6 Å². The number of amides is 2. The van der Waals surface area contributed by atoms with Crippen LogP contribution in [-0.4, -0.2) is 56.6 Å². The molecule has 0 N–H and O–H groups in total. The van der Waals surface area contributed by atoms with Crippen molar-refractivity contribution in [1.29, 1.82) is 0 Å². The maximum Gasteiger partial charge on any atom is 0.224 e. The molecule has 3 heterocycles. The van der Waals surface area contributed by atoms with Crippen LogP contribution in [0.15, 0.2) is 12.4 Å². The molecule has 6 nitrogen and oxygen atoms in total. The molecule has 138 valence electrons. The Labute approximate surface area is 150 Å². The quantitative estimate of drug-likeness (QED) is 0.841. The molecule has 1 aromatic rings. The van der Waals surface area contributed by atoms with Gasteiger partial charge in [-0.2, -0.15) is 5.10 Å². The lowest BCUT2D eigenvalue weighted by molar-refractivity contribution is -0.139. The van der Waals surface area contributed by atoms with Crippen molar-refractivity contribution < 1.29 is 9.59 Å². The highest BCUT2D eigenvalue weighted by molar-refractivity contribution is 5.79. The monoisotopic (exact) mass is 346 g/mol. The van der Waals surface area contributed by atoms with E-state index in [2.05, 4.69) is 5.10 Å². The lowest BCUT2D eigenvalue weighted by Gasteiger charge is -2.39. The molecule has 25 heavy (non-hydrogen) atoms. The molecule has 6 heteroatoms. The van der Waals surface area contributed by atoms with E-state index in [1.165, 1.54) is 0 Å². The normalized spacial score (nSPS) is 24.4. The smallest absolute Gasteiger partial charge is 0.224 e. The SMILES string of the molecule is CC(=O)N1CCCC[C@H]1CC(=O)N1CCCC[C@H]1Cn1cc(C)cn1. The standard InChI is InChI=1S/C19H30N4O2/c1-15-12-20-21(13-15)14-18-8-4-6-10-23(18)19(25)11-17-7-3-5-9-22(17)16(2)24/h12-13,17-18H,3-11,14H2,1-2H3/t17-,18-/m0/s1. The number of aryl methyl sites for hydroxylation is 1. The fourth-order valence-electron chi connectivity index (χ4n) is 4.25. The van der Waals surface area contributed by atoms with Crippen LogP contribution in [0, 0.1) is 6.92 Å². The first-order valence-electron chi connectivity index (χ1n) is 9.60. The minimum Gasteiger partial charge on any atom is -0.339 e. The second-order valence-electron chi connectivity index (χ2n) is 7.54. The minimum atomic E-state index is 0.0771. The number of rotatable bonds is 4. The number of aromatic nitrogens is 2. The molecule has 3 rings (SSSR count). The topological polar surface area (TPSA) is 58.4 Å². The zero-order valence-corrected chi connectivity index (χ0v) is 15.5. The predicted octanol–water partition coefficient (Wildman–Crippen LogP) is 2.36. The molecule has 2 amide bonds. The molecule has 2 saturated heterocycles. The summed E-state index contributed by atoms with van der Waals surface area (Å²) in [5.74, 6) is 0.298. The van der Waals surface area contributed by atoms with Crippen molar-refractivity contribution in [2.24, 2.45) is 0 Å². The van der Waals surface area contributed by atoms with E-state index < -0.39 is 0 Å². The maximum atomic E-state index is 13.0. The second kappa shape index (κ2) is 8.02. The molecule has 2 fully saturated rings. The van der Waals surface area contributed by atoms with Crippen molar-refractivity contribution in [2.75, 3.05) is 13.1 Å². The summed E-state index contributed by atoms with van der Waals surface area (Å²) >= 11 is 0. The van der Waals surface area contributed by atoms with Crippen LogP contribution in [0.3, 0.4) is 0 Å². The van der Waals surface area contributed by atoms with Gasteiger partial charge in [0.05, 0.1) is 18.8 Å². The fourth-order valence-corrected chi connectivity index (χ4v) is 4.25. The van der Waals surface area contributed by atoms with Crippen molar-refractivity contribution in [3.05, 3.63) is 18.0 Å². The van der Waals surface area contributed by atoms with Crippen molar-refractivity contribution >= 4 is 11.8 Å². The molecular weight excluding hydrogens is 316 g/mol. The van der Waals surface area contributed by atoms with Crippen molar-refractivity contribution in [3.63, 3.8) is 0 Å². The van der Waals surface area contributed by atoms with Gasteiger partial charge in [0.1, 0.15) is 0 Å². The summed E-state index contributed by atoms with van der Waals surface area (Å²) in [4.78, 5) is 28.8. The Morgan fingerprint density at radius 3 is 2.40 bits per heavy atom. The molecule has 1 aromatic heterocycles. The molecule has 2 aliphatic rings. The van der Waals surface area contributed by atoms with E-state index in [0.29, 0.717) is 6.42 Å². The first-order chi connectivity index (χ1) is 12.0. The van der Waals surface area contributed by atoms with Gasteiger partial charge < -0.3 is 9.80 Å². The molecular formula is C19H30N4O2. The number of piperidine rings is 2. The zero-order valence-electron chi connectivity index (χ0n) is 15.5. The van der Waals surface area contributed by atoms with Gasteiger partial charge in [-0.1, -0.05) is 0 Å². The third-order valence-corrected chi connectivity index (χ3v) is 5.55. The first-order valence-corrected chi connectivity index (χ1v) is 9.60. The van der Waals surface area contributed by atoms with Crippen LogP contribution in [-0.2, 0) is 16.1 Å². The number of likely N-dealkylation sites (tertiary alicyclic amines) is 2. The molecule has 0 saturated carbocycles. The highest BCUT2D eigenvalue weighted by Gasteiger charge is 2.32. The molecule has 0 spiro atoms. The van der Waals surface area contributed by atoms with Crippen LogP contribution in [0.1, 0.15) is 57.4 Å². The van der Waals surface area contributed by atoms with Crippen LogP contribution in [0.5, 0.6) is 0 Å². The van der Waals surface area contributed by atoms with Gasteiger partial charge in [-0.3, -0.25) is 14.3 Å². The van der Waals surface area contributed by atoms with Crippen LogP contribution < -0.4 is 0 Å². The Kier molecular flexibility index (Phi) is 5.76. The van der Waals surface area contributed by atoms with Gasteiger partial charge in [0, 0.05) is 38.7 Å². The number of hydrogen-bond donors (Lipinski definition) is 0. The maximum absolute atomic E-state index is 13.0. The zero-order chi connectivity index (χ0) is 17.8. The Morgan fingerprint density at radius 2 is 1.76 bits per heavy atom.